The number of nitrogens with one attached hydrogen (secondary N) is 2. The van der Waals surface area contributed by atoms with Crippen LogP contribution in [0.15, 0.2) is 64.6 Å². The summed E-state index contributed by atoms with van der Waals surface area (Å²) in [6.45, 7) is 4.85. The van der Waals surface area contributed by atoms with Crippen LogP contribution in [0.4, 0.5) is 0 Å². The summed E-state index contributed by atoms with van der Waals surface area (Å²) in [4.78, 5) is 64.9. The van der Waals surface area contributed by atoms with Gasteiger partial charge in [-0.25, -0.2) is 9.98 Å². The fraction of sp³-hybridized carbons (Fsp3) is 0.643. The molecule has 15 rings (SSSR count). The highest BCUT2D eigenvalue weighted by Gasteiger charge is 2.69. The van der Waals surface area contributed by atoms with Gasteiger partial charge < -0.3 is 55.9 Å². The van der Waals surface area contributed by atoms with Crippen LogP contribution in [0.5, 0.6) is 0 Å². The minimum absolute atomic E-state index is 0. The summed E-state index contributed by atoms with van der Waals surface area (Å²) >= 11 is 10.4. The fourth-order valence-corrected chi connectivity index (χ4v) is 19.7. The molecule has 3 aromatic carbocycles. The zero-order chi connectivity index (χ0) is 74.4. The van der Waals surface area contributed by atoms with Gasteiger partial charge in [0.15, 0.2) is 32.9 Å². The highest BCUT2D eigenvalue weighted by atomic mass is 79.9. The topological polar surface area (TPSA) is 199 Å². The number of carbonyl (C=O) groups is 3. The van der Waals surface area contributed by atoms with Crippen molar-refractivity contribution in [2.24, 2.45) is 55.5 Å². The second-order valence-electron chi connectivity index (χ2n) is 32.0. The monoisotopic (exact) mass is 1610 g/mol. The number of thioether (sulfide) groups is 1. The zero-order valence-electron chi connectivity index (χ0n) is 64.5. The zero-order valence-corrected chi connectivity index (χ0v) is 69.4. The third kappa shape index (κ3) is 17.6. The largest absolute Gasteiger partial charge is 0.381 e. The van der Waals surface area contributed by atoms with Crippen LogP contribution < -0.4 is 22.1 Å². The third-order valence-electron chi connectivity index (χ3n) is 24.0. The predicted octanol–water partition coefficient (Wildman–Crippen LogP) is 10.8. The number of rotatable bonds is 14. The van der Waals surface area contributed by atoms with Gasteiger partial charge in [0.1, 0.15) is 0 Å². The van der Waals surface area contributed by atoms with E-state index in [0.29, 0.717) is 41.9 Å². The number of guanidine groups is 1. The molecule has 0 bridgehead atoms. The summed E-state index contributed by atoms with van der Waals surface area (Å²) < 4.78 is 17.0. The standard InChI is InChI=1S/C30H42N4O2S.C26H34N4O2.C22H24N2O2S.C4H10BrN.CH5N.CH4.BrH/c1-32(2)16-17-34-27(35)30(31-28(34)37-19-18-33(3)4)26-20-23(9-8-22-6-7-22)10-11-24(26)21-29(30)14-12-25(36-5)13-15-29;1-29(2)14-15-30-23(31)26(28-24(30)27)22-16-19(7-6-18-4-5-18)8-9-20(22)17-25(26)12-10-21(32-3)11-13-25;1-26-17-8-10-21(11-9-17)13-16-7-6-15(5-4-14-2-3-14)12-18(16)22(21)19(25)23-20(27)24-22;1-6(2)4-3-5;1-2;;/h10-11,20,22,25H,6-7,12-19,21H2,1-5H3;8-9,16,18,21H,4-5,10-15,17H2,1-3H3,(H2,27,28);6-7,12,14,17H,2-3,8-11,13H2,1H3,(H2,23,24,25,27);3-4H2,1-2H3;2H2,1H3;1H4;1H. The van der Waals surface area contributed by atoms with Crippen molar-refractivity contribution in [2.75, 3.05) is 135 Å². The maximum atomic E-state index is 14.7. The first-order valence-electron chi connectivity index (χ1n) is 38.1. The molecule has 3 atom stereocenters. The number of carbonyl (C=O) groups excluding carboxylic acids is 3. The summed E-state index contributed by atoms with van der Waals surface area (Å²) in [5.41, 5.74) is 17.7. The van der Waals surface area contributed by atoms with Gasteiger partial charge in [0, 0.05) is 122 Å². The fourth-order valence-electron chi connectivity index (χ4n) is 17.6. The van der Waals surface area contributed by atoms with Crippen molar-refractivity contribution >= 4 is 90.9 Å². The number of amides is 3. The summed E-state index contributed by atoms with van der Waals surface area (Å²) in [6.07, 6.45) is 22.1. The van der Waals surface area contributed by atoms with Gasteiger partial charge >= 0.3 is 0 Å². The number of benzene rings is 3. The molecule has 12 aliphatic rings. The van der Waals surface area contributed by atoms with Gasteiger partial charge in [-0.1, -0.05) is 88.8 Å². The van der Waals surface area contributed by atoms with Crippen molar-refractivity contribution in [2.45, 2.75) is 177 Å². The number of aliphatic imine (C=N–C) groups is 2. The number of nitrogens with two attached hydrogens (primary N) is 2. The van der Waals surface area contributed by atoms with Crippen LogP contribution in [0.1, 0.15) is 173 Å². The summed E-state index contributed by atoms with van der Waals surface area (Å²) in [7, 11) is 23.3. The number of thiocarbonyl (C=S) groups is 1. The molecule has 0 aromatic heterocycles. The second kappa shape index (κ2) is 36.3. The first-order chi connectivity index (χ1) is 50.0. The van der Waals surface area contributed by atoms with E-state index in [1.54, 1.807) is 30.9 Å². The third-order valence-corrected chi connectivity index (χ3v) is 25.5. The van der Waals surface area contributed by atoms with Crippen molar-refractivity contribution in [3.63, 3.8) is 0 Å². The molecule has 3 unspecified atom stereocenters. The Morgan fingerprint density at radius 2 is 0.915 bits per heavy atom. The molecular formula is C84H120Br2N12O6S2. The number of hydrogen-bond donors (Lipinski definition) is 4. The lowest BCUT2D eigenvalue weighted by Crippen LogP contribution is -2.56. The molecule has 578 valence electrons. The lowest BCUT2D eigenvalue weighted by atomic mass is 9.61. The van der Waals surface area contributed by atoms with Crippen molar-refractivity contribution in [1.82, 2.24) is 40.0 Å². The lowest BCUT2D eigenvalue weighted by Gasteiger charge is -2.46. The Balaban J connectivity index is 0.000000175. The smallest absolute Gasteiger partial charge is 0.262 e. The average molecular weight is 1620 g/mol. The normalized spacial score (nSPS) is 28.8. The van der Waals surface area contributed by atoms with Crippen LogP contribution in [-0.4, -0.2) is 217 Å². The number of hydrogen-bond acceptors (Lipinski definition) is 16. The van der Waals surface area contributed by atoms with E-state index >= 15 is 0 Å². The van der Waals surface area contributed by atoms with Gasteiger partial charge in [-0.3, -0.25) is 24.2 Å². The second-order valence-corrected chi connectivity index (χ2v) is 34.3. The number of amidine groups is 1. The van der Waals surface area contributed by atoms with E-state index in [-0.39, 0.29) is 76.7 Å². The highest BCUT2D eigenvalue weighted by Crippen LogP contribution is 2.65. The average Bonchev–Trinajstić information content (AvgIpc) is 1.54. The minimum atomic E-state index is -0.936. The molecule has 6 N–H and O–H groups in total. The Kier molecular flexibility index (Phi) is 29.0. The number of nitrogens with zero attached hydrogens (tertiary/aromatic N) is 8. The van der Waals surface area contributed by atoms with E-state index in [4.69, 9.17) is 42.1 Å². The van der Waals surface area contributed by atoms with Gasteiger partial charge in [0.05, 0.1) is 18.3 Å². The van der Waals surface area contributed by atoms with Gasteiger partial charge in [-0.15, -0.1) is 17.0 Å². The summed E-state index contributed by atoms with van der Waals surface area (Å²) in [5.74, 6) is 23.3. The first kappa shape index (κ1) is 84.8. The van der Waals surface area contributed by atoms with Crippen molar-refractivity contribution in [3.05, 3.63) is 105 Å². The number of methoxy groups -OCH3 is 3. The van der Waals surface area contributed by atoms with E-state index in [1.165, 1.54) is 62.3 Å². The molecule has 9 aliphatic carbocycles. The van der Waals surface area contributed by atoms with E-state index in [2.05, 4.69) is 184 Å². The number of fused-ring (bicyclic) bond motifs is 9. The molecule has 6 spiro atoms. The SMILES string of the molecule is Br.C.CN.CN(C)CCBr.COC1CCC2(CC1)Cc1ccc(C#CC3CC3)cc1C21N=C(N)N(CCN(C)C)C1=O.COC1CCC2(CC1)Cc1ccc(C#CC3CC3)cc1C21N=C(SCCN(C)C)N(CCN(C)C)C1=O.COC1CCC2(CC1)Cc1ccc(C#CC3CC3)cc1C21NC(=S)NC1=O. The number of alkyl halides is 1. The number of ether oxygens (including phenoxy) is 3. The van der Waals surface area contributed by atoms with Crippen molar-refractivity contribution in [3.8, 4) is 35.5 Å². The van der Waals surface area contributed by atoms with E-state index in [1.807, 2.05) is 26.1 Å². The molecular weight excluding hydrogens is 1500 g/mol. The summed E-state index contributed by atoms with van der Waals surface area (Å²) in [6, 6.07) is 19.4. The van der Waals surface area contributed by atoms with Crippen LogP contribution in [0.3, 0.4) is 0 Å². The van der Waals surface area contributed by atoms with E-state index in [0.717, 1.165) is 172 Å². The molecule has 3 aromatic rings. The molecule has 6 saturated carbocycles. The van der Waals surface area contributed by atoms with Gasteiger partial charge in [0.25, 0.3) is 17.7 Å². The highest BCUT2D eigenvalue weighted by molar-refractivity contribution is 9.09. The van der Waals surface area contributed by atoms with Gasteiger partial charge in [-0.2, -0.15) is 0 Å². The van der Waals surface area contributed by atoms with Gasteiger partial charge in [0.2, 0.25) is 0 Å². The molecule has 1 saturated heterocycles. The molecule has 3 amide bonds. The maximum Gasteiger partial charge on any atom is 0.262 e. The Morgan fingerprint density at radius 3 is 1.28 bits per heavy atom. The molecule has 7 fully saturated rings. The number of likely N-dealkylation sites (N-methyl/N-ethyl adjacent to an activating group) is 2. The molecule has 3 aliphatic heterocycles. The minimum Gasteiger partial charge on any atom is -0.381 e. The van der Waals surface area contributed by atoms with Crippen LogP contribution in [0.2, 0.25) is 0 Å². The quantitative estimate of drug-likeness (QED) is 0.0675. The first-order valence-corrected chi connectivity index (χ1v) is 40.6. The Morgan fingerprint density at radius 1 is 0.547 bits per heavy atom. The lowest BCUT2D eigenvalue weighted by molar-refractivity contribution is -0.139. The van der Waals surface area contributed by atoms with Crippen LogP contribution in [-0.2, 0) is 64.5 Å². The van der Waals surface area contributed by atoms with Crippen LogP contribution >= 0.6 is 56.9 Å². The number of halogens is 2. The summed E-state index contributed by atoms with van der Waals surface area (Å²) in [5, 5.41) is 8.70. The Labute approximate surface area is 662 Å². The van der Waals surface area contributed by atoms with Crippen LogP contribution in [0, 0.1) is 69.5 Å². The maximum absolute atomic E-state index is 14.7. The van der Waals surface area contributed by atoms with Gasteiger partial charge in [-0.05, 0) is 280 Å². The van der Waals surface area contributed by atoms with Crippen LogP contribution in [0.25, 0.3) is 0 Å². The molecule has 18 nitrogen and oxygen atoms in total. The molecule has 22 heteroatoms. The Bertz CT molecular complexity index is 3890. The van der Waals surface area contributed by atoms with E-state index in [9.17, 15) is 14.4 Å². The van der Waals surface area contributed by atoms with E-state index < -0.39 is 16.6 Å². The molecule has 3 heterocycles. The Hall–Kier alpha value is -5.23. The molecule has 0 radical (unpaired) electrons. The van der Waals surface area contributed by atoms with Crippen molar-refractivity contribution < 1.29 is 28.6 Å². The van der Waals surface area contributed by atoms with Crippen molar-refractivity contribution in [1.29, 1.82) is 0 Å². The molecule has 106 heavy (non-hydrogen) atoms. The predicted molar refractivity (Wildman–Crippen MR) is 443 cm³/mol.